The van der Waals surface area contributed by atoms with Crippen molar-refractivity contribution in [1.29, 1.82) is 0 Å². The summed E-state index contributed by atoms with van der Waals surface area (Å²) in [6, 6.07) is 4.46. The predicted octanol–water partition coefficient (Wildman–Crippen LogP) is 2.49. The molecule has 16 heavy (non-hydrogen) atoms. The zero-order chi connectivity index (χ0) is 11.5. The van der Waals surface area contributed by atoms with Gasteiger partial charge in [-0.2, -0.15) is 0 Å². The summed E-state index contributed by atoms with van der Waals surface area (Å²) in [5.41, 5.74) is 1.86. The first kappa shape index (κ1) is 10.7. The van der Waals surface area contributed by atoms with Gasteiger partial charge in [0.15, 0.2) is 0 Å². The highest BCUT2D eigenvalue weighted by Gasteiger charge is 2.18. The third kappa shape index (κ3) is 1.91. The molecule has 1 fully saturated rings. The van der Waals surface area contributed by atoms with Crippen molar-refractivity contribution in [3.63, 3.8) is 0 Å². The van der Waals surface area contributed by atoms with Crippen LogP contribution in [0.25, 0.3) is 0 Å². The number of hydrogen-bond acceptors (Lipinski definition) is 4. The molecule has 2 rings (SSSR count). The quantitative estimate of drug-likeness (QED) is 0.487. The molecule has 1 saturated heterocycles. The number of halogens is 1. The number of nitrogens with zero attached hydrogens (tertiary/aromatic N) is 2. The minimum atomic E-state index is -0.602. The Morgan fingerprint density at radius 2 is 2.06 bits per heavy atom. The summed E-state index contributed by atoms with van der Waals surface area (Å²) in [4.78, 5) is 12.1. The lowest BCUT2D eigenvalue weighted by Gasteiger charge is -2.17. The molecular weight excluding hydrogens is 213 g/mol. The molecule has 0 aromatic heterocycles. The standard InChI is InChI=1S/C10H12FN3O2/c11-12-9-7-8(13-5-1-2-6-13)3-4-10(9)14(15)16/h3-4,7,12H,1-2,5-6H2. The Labute approximate surface area is 91.9 Å². The molecule has 86 valence electrons. The van der Waals surface area contributed by atoms with Crippen molar-refractivity contribution in [2.45, 2.75) is 12.8 Å². The summed E-state index contributed by atoms with van der Waals surface area (Å²) in [7, 11) is 0. The highest BCUT2D eigenvalue weighted by Crippen LogP contribution is 2.30. The summed E-state index contributed by atoms with van der Waals surface area (Å²) in [6.45, 7) is 1.84. The molecular formula is C10H12FN3O2. The molecule has 5 nitrogen and oxygen atoms in total. The van der Waals surface area contributed by atoms with Crippen LogP contribution in [0.2, 0.25) is 0 Å². The molecule has 0 amide bonds. The van der Waals surface area contributed by atoms with Gasteiger partial charge in [0, 0.05) is 24.8 Å². The highest BCUT2D eigenvalue weighted by atomic mass is 19.2. The summed E-state index contributed by atoms with van der Waals surface area (Å²) >= 11 is 0. The van der Waals surface area contributed by atoms with E-state index < -0.39 is 4.92 Å². The summed E-state index contributed by atoms with van der Waals surface area (Å²) in [5.74, 6) is 0. The Balaban J connectivity index is 2.32. The first-order valence-corrected chi connectivity index (χ1v) is 5.12. The van der Waals surface area contributed by atoms with Crippen molar-refractivity contribution in [3.8, 4) is 0 Å². The first-order valence-electron chi connectivity index (χ1n) is 5.12. The predicted molar refractivity (Wildman–Crippen MR) is 59.3 cm³/mol. The van der Waals surface area contributed by atoms with Crippen LogP contribution >= 0.6 is 0 Å². The van der Waals surface area contributed by atoms with Gasteiger partial charge in [0.1, 0.15) is 5.69 Å². The van der Waals surface area contributed by atoms with Gasteiger partial charge >= 0.3 is 0 Å². The molecule has 0 bridgehead atoms. The molecule has 0 saturated carbocycles. The summed E-state index contributed by atoms with van der Waals surface area (Å²) in [5, 5.41) is 10.6. The number of nitro groups is 1. The molecule has 6 heteroatoms. The van der Waals surface area contributed by atoms with Crippen LogP contribution < -0.4 is 10.4 Å². The van der Waals surface area contributed by atoms with Crippen molar-refractivity contribution in [2.24, 2.45) is 0 Å². The fourth-order valence-electron chi connectivity index (χ4n) is 1.93. The van der Waals surface area contributed by atoms with Gasteiger partial charge in [-0.15, -0.1) is 4.48 Å². The number of nitro benzene ring substituents is 1. The zero-order valence-corrected chi connectivity index (χ0v) is 8.65. The van der Waals surface area contributed by atoms with Crippen LogP contribution in [-0.2, 0) is 0 Å². The lowest BCUT2D eigenvalue weighted by molar-refractivity contribution is -0.384. The first-order chi connectivity index (χ1) is 7.72. The van der Waals surface area contributed by atoms with E-state index in [-0.39, 0.29) is 11.4 Å². The Morgan fingerprint density at radius 1 is 1.38 bits per heavy atom. The molecule has 0 aliphatic carbocycles. The van der Waals surface area contributed by atoms with Crippen LogP contribution in [-0.4, -0.2) is 18.0 Å². The van der Waals surface area contributed by atoms with Gasteiger partial charge in [-0.25, -0.2) is 5.54 Å². The summed E-state index contributed by atoms with van der Waals surface area (Å²) in [6.07, 6.45) is 2.21. The average molecular weight is 225 g/mol. The van der Waals surface area contributed by atoms with Crippen molar-refractivity contribution in [3.05, 3.63) is 28.3 Å². The number of anilines is 2. The van der Waals surface area contributed by atoms with Gasteiger partial charge in [0.2, 0.25) is 0 Å². The third-order valence-corrected chi connectivity index (χ3v) is 2.75. The topological polar surface area (TPSA) is 58.4 Å². The lowest BCUT2D eigenvalue weighted by Crippen LogP contribution is -2.17. The number of rotatable bonds is 3. The third-order valence-electron chi connectivity index (χ3n) is 2.75. The molecule has 1 aliphatic rings. The van der Waals surface area contributed by atoms with Gasteiger partial charge < -0.3 is 4.90 Å². The van der Waals surface area contributed by atoms with Crippen molar-refractivity contribution < 1.29 is 9.40 Å². The van der Waals surface area contributed by atoms with Crippen LogP contribution in [0.4, 0.5) is 21.5 Å². The van der Waals surface area contributed by atoms with E-state index in [9.17, 15) is 14.6 Å². The molecule has 1 aromatic carbocycles. The van der Waals surface area contributed by atoms with Gasteiger partial charge in [-0.3, -0.25) is 10.1 Å². The fourth-order valence-corrected chi connectivity index (χ4v) is 1.93. The Kier molecular flexibility index (Phi) is 2.89. The zero-order valence-electron chi connectivity index (χ0n) is 8.65. The van der Waals surface area contributed by atoms with Crippen molar-refractivity contribution in [1.82, 2.24) is 0 Å². The van der Waals surface area contributed by atoms with Crippen LogP contribution in [0.1, 0.15) is 12.8 Å². The van der Waals surface area contributed by atoms with E-state index in [1.54, 1.807) is 6.07 Å². The molecule has 1 heterocycles. The molecule has 0 radical (unpaired) electrons. The number of nitrogens with one attached hydrogen (secondary N) is 1. The normalized spacial score (nSPS) is 15.2. The minimum Gasteiger partial charge on any atom is -0.371 e. The molecule has 0 atom stereocenters. The maximum Gasteiger partial charge on any atom is 0.295 e. The molecule has 0 unspecified atom stereocenters. The average Bonchev–Trinajstić information content (AvgIpc) is 2.81. The largest absolute Gasteiger partial charge is 0.371 e. The number of benzene rings is 1. The van der Waals surface area contributed by atoms with Gasteiger partial charge in [0.25, 0.3) is 5.69 Å². The second-order valence-corrected chi connectivity index (χ2v) is 3.75. The van der Waals surface area contributed by atoms with E-state index >= 15 is 0 Å². The minimum absolute atomic E-state index is 0.0885. The van der Waals surface area contributed by atoms with Crippen LogP contribution in [0.5, 0.6) is 0 Å². The monoisotopic (exact) mass is 225 g/mol. The van der Waals surface area contributed by atoms with Crippen LogP contribution in [0, 0.1) is 10.1 Å². The maximum atomic E-state index is 12.4. The Hall–Kier alpha value is -1.85. The van der Waals surface area contributed by atoms with E-state index in [4.69, 9.17) is 0 Å². The Bertz CT molecular complexity index is 405. The number of hydrogen-bond donors (Lipinski definition) is 1. The van der Waals surface area contributed by atoms with E-state index in [1.165, 1.54) is 17.7 Å². The maximum absolute atomic E-state index is 12.4. The second-order valence-electron chi connectivity index (χ2n) is 3.75. The SMILES string of the molecule is O=[N+]([O-])c1ccc(N2CCCC2)cc1NF. The van der Waals surface area contributed by atoms with Gasteiger partial charge in [-0.05, 0) is 25.0 Å². The molecule has 0 spiro atoms. The molecule has 1 N–H and O–H groups in total. The van der Waals surface area contributed by atoms with Gasteiger partial charge in [-0.1, -0.05) is 0 Å². The summed E-state index contributed by atoms with van der Waals surface area (Å²) < 4.78 is 12.4. The van der Waals surface area contributed by atoms with Crippen molar-refractivity contribution in [2.75, 3.05) is 23.5 Å². The van der Waals surface area contributed by atoms with Crippen LogP contribution in [0.3, 0.4) is 0 Å². The Morgan fingerprint density at radius 3 is 2.62 bits per heavy atom. The van der Waals surface area contributed by atoms with E-state index in [1.807, 2.05) is 0 Å². The molecule has 1 aromatic rings. The smallest absolute Gasteiger partial charge is 0.295 e. The lowest BCUT2D eigenvalue weighted by atomic mass is 10.2. The van der Waals surface area contributed by atoms with Crippen molar-refractivity contribution >= 4 is 17.1 Å². The molecule has 1 aliphatic heterocycles. The van der Waals surface area contributed by atoms with Gasteiger partial charge in [0.05, 0.1) is 4.92 Å². The van der Waals surface area contributed by atoms with E-state index in [0.717, 1.165) is 31.6 Å². The van der Waals surface area contributed by atoms with E-state index in [0.29, 0.717) is 0 Å². The highest BCUT2D eigenvalue weighted by molar-refractivity contribution is 5.68. The fraction of sp³-hybridized carbons (Fsp3) is 0.400. The van der Waals surface area contributed by atoms with Crippen LogP contribution in [0.15, 0.2) is 18.2 Å². The van der Waals surface area contributed by atoms with E-state index in [2.05, 4.69) is 4.90 Å². The second kappa shape index (κ2) is 4.34.